The summed E-state index contributed by atoms with van der Waals surface area (Å²) in [5.41, 5.74) is 0. The van der Waals surface area contributed by atoms with E-state index >= 15 is 0 Å². The van der Waals surface area contributed by atoms with E-state index in [0.29, 0.717) is 19.3 Å². The van der Waals surface area contributed by atoms with Crippen LogP contribution < -0.4 is 0 Å². The van der Waals surface area contributed by atoms with Gasteiger partial charge in [-0.2, -0.15) is 0 Å². The van der Waals surface area contributed by atoms with Crippen molar-refractivity contribution in [1.29, 1.82) is 0 Å². The molecule has 0 aromatic heterocycles. The zero-order chi connectivity index (χ0) is 52.2. The van der Waals surface area contributed by atoms with Crippen LogP contribution in [0.25, 0.3) is 0 Å². The van der Waals surface area contributed by atoms with Gasteiger partial charge >= 0.3 is 17.9 Å². The number of unbranched alkanes of at least 4 members (excludes halogenated alkanes) is 27. The van der Waals surface area contributed by atoms with Crippen molar-refractivity contribution in [2.75, 3.05) is 13.2 Å². The van der Waals surface area contributed by atoms with Gasteiger partial charge in [0.15, 0.2) is 6.10 Å². The first-order chi connectivity index (χ1) is 35.5. The van der Waals surface area contributed by atoms with Gasteiger partial charge < -0.3 is 14.2 Å². The van der Waals surface area contributed by atoms with Crippen LogP contribution >= 0.6 is 0 Å². The number of allylic oxidation sites excluding steroid dienone is 16. The minimum atomic E-state index is -0.779. The van der Waals surface area contributed by atoms with Crippen molar-refractivity contribution in [1.82, 2.24) is 0 Å². The third-order valence-corrected chi connectivity index (χ3v) is 12.8. The molecule has 72 heavy (non-hydrogen) atoms. The predicted octanol–water partition coefficient (Wildman–Crippen LogP) is 20.5. The summed E-state index contributed by atoms with van der Waals surface area (Å²) in [6.45, 7) is 6.36. The minimum absolute atomic E-state index is 0.0795. The largest absolute Gasteiger partial charge is 0.462 e. The number of hydrogen-bond acceptors (Lipinski definition) is 6. The van der Waals surface area contributed by atoms with Gasteiger partial charge in [-0.15, -0.1) is 0 Å². The maximum Gasteiger partial charge on any atom is 0.306 e. The van der Waals surface area contributed by atoms with E-state index in [4.69, 9.17) is 14.2 Å². The summed E-state index contributed by atoms with van der Waals surface area (Å²) in [6, 6.07) is 0. The average Bonchev–Trinajstić information content (AvgIpc) is 3.38. The van der Waals surface area contributed by atoms with Crippen LogP contribution in [0.2, 0.25) is 0 Å². The Hall–Kier alpha value is -3.67. The van der Waals surface area contributed by atoms with Crippen molar-refractivity contribution >= 4 is 17.9 Å². The molecule has 0 rings (SSSR count). The monoisotopic (exact) mass is 1000 g/mol. The maximum atomic E-state index is 12.8. The van der Waals surface area contributed by atoms with Crippen molar-refractivity contribution in [3.63, 3.8) is 0 Å². The molecule has 0 aromatic rings. The van der Waals surface area contributed by atoms with Gasteiger partial charge in [0, 0.05) is 19.3 Å². The van der Waals surface area contributed by atoms with Gasteiger partial charge in [-0.3, -0.25) is 14.4 Å². The van der Waals surface area contributed by atoms with E-state index in [9.17, 15) is 14.4 Å². The maximum absolute atomic E-state index is 12.8. The highest BCUT2D eigenvalue weighted by Gasteiger charge is 2.19. The van der Waals surface area contributed by atoms with E-state index in [1.807, 2.05) is 0 Å². The van der Waals surface area contributed by atoms with Gasteiger partial charge in [0.05, 0.1) is 0 Å². The smallest absolute Gasteiger partial charge is 0.306 e. The van der Waals surface area contributed by atoms with Crippen molar-refractivity contribution in [2.45, 2.75) is 290 Å². The molecule has 0 aromatic carbocycles. The topological polar surface area (TPSA) is 78.9 Å². The molecule has 0 N–H and O–H groups in total. The Morgan fingerprint density at radius 1 is 0.292 bits per heavy atom. The third kappa shape index (κ3) is 57.2. The quantitative estimate of drug-likeness (QED) is 0.0261. The normalized spacial score (nSPS) is 12.8. The molecule has 0 saturated heterocycles. The molecule has 0 heterocycles. The van der Waals surface area contributed by atoms with E-state index < -0.39 is 6.10 Å². The molecular formula is C66H112O6. The lowest BCUT2D eigenvalue weighted by Gasteiger charge is -2.18. The summed E-state index contributed by atoms with van der Waals surface area (Å²) >= 11 is 0. The van der Waals surface area contributed by atoms with Gasteiger partial charge in [0.1, 0.15) is 13.2 Å². The Labute approximate surface area is 445 Å². The predicted molar refractivity (Wildman–Crippen MR) is 311 cm³/mol. The molecule has 0 saturated carbocycles. The highest BCUT2D eigenvalue weighted by Crippen LogP contribution is 2.16. The number of hydrogen-bond donors (Lipinski definition) is 0. The van der Waals surface area contributed by atoms with E-state index in [-0.39, 0.29) is 31.1 Å². The molecule has 0 fully saturated rings. The highest BCUT2D eigenvalue weighted by atomic mass is 16.6. The zero-order valence-corrected chi connectivity index (χ0v) is 47.2. The van der Waals surface area contributed by atoms with E-state index in [1.165, 1.54) is 128 Å². The fourth-order valence-electron chi connectivity index (χ4n) is 8.37. The Kier molecular flexibility index (Phi) is 56.8. The van der Waals surface area contributed by atoms with Crippen LogP contribution in [0.3, 0.4) is 0 Å². The first-order valence-electron chi connectivity index (χ1n) is 30.2. The fraction of sp³-hybridized carbons (Fsp3) is 0.712. The summed E-state index contributed by atoms with van der Waals surface area (Å²) in [5, 5.41) is 0. The van der Waals surface area contributed by atoms with Crippen LogP contribution in [0.5, 0.6) is 0 Å². The Bertz CT molecular complexity index is 1430. The van der Waals surface area contributed by atoms with Crippen LogP contribution in [-0.4, -0.2) is 37.2 Å². The molecule has 412 valence electrons. The van der Waals surface area contributed by atoms with Gasteiger partial charge in [-0.1, -0.05) is 266 Å². The molecule has 0 spiro atoms. The number of ether oxygens (including phenoxy) is 3. The Morgan fingerprint density at radius 3 is 0.847 bits per heavy atom. The number of carbonyl (C=O) groups is 3. The van der Waals surface area contributed by atoms with Crippen LogP contribution in [0.1, 0.15) is 284 Å². The minimum Gasteiger partial charge on any atom is -0.462 e. The van der Waals surface area contributed by atoms with Crippen molar-refractivity contribution in [3.8, 4) is 0 Å². The number of rotatable bonds is 54. The van der Waals surface area contributed by atoms with Crippen molar-refractivity contribution in [3.05, 3.63) is 97.2 Å². The average molecular weight is 1000 g/mol. The van der Waals surface area contributed by atoms with Gasteiger partial charge in [0.25, 0.3) is 0 Å². The molecular weight excluding hydrogens is 889 g/mol. The SMILES string of the molecule is CC/C=C\C/C=C\C/C=C\C/C=C\CCCCCCCCCCCCCCCCC(=O)OCC(COC(=O)CCCCCCCC)OC(=O)CCCCCCCCCC/C=C\C/C=C\C/C=C\C/C=C\CC. The van der Waals surface area contributed by atoms with Crippen molar-refractivity contribution < 1.29 is 28.6 Å². The van der Waals surface area contributed by atoms with Crippen molar-refractivity contribution in [2.24, 2.45) is 0 Å². The first-order valence-corrected chi connectivity index (χ1v) is 30.2. The summed E-state index contributed by atoms with van der Waals surface area (Å²) in [5.74, 6) is -0.892. The second-order valence-corrected chi connectivity index (χ2v) is 19.9. The molecule has 0 aliphatic rings. The van der Waals surface area contributed by atoms with Gasteiger partial charge in [0.2, 0.25) is 0 Å². The summed E-state index contributed by atoms with van der Waals surface area (Å²) in [7, 11) is 0. The van der Waals surface area contributed by atoms with Crippen LogP contribution in [0, 0.1) is 0 Å². The second kappa shape index (κ2) is 59.9. The lowest BCUT2D eigenvalue weighted by molar-refractivity contribution is -0.167. The molecule has 6 nitrogen and oxygen atoms in total. The molecule has 1 unspecified atom stereocenters. The molecule has 1 atom stereocenters. The van der Waals surface area contributed by atoms with E-state index in [0.717, 1.165) is 116 Å². The van der Waals surface area contributed by atoms with Crippen LogP contribution in [-0.2, 0) is 28.6 Å². The molecule has 0 aliphatic carbocycles. The Morgan fingerprint density at radius 2 is 0.542 bits per heavy atom. The highest BCUT2D eigenvalue weighted by molar-refractivity contribution is 5.71. The van der Waals surface area contributed by atoms with Gasteiger partial charge in [-0.05, 0) is 96.3 Å². The fourth-order valence-corrected chi connectivity index (χ4v) is 8.37. The molecule has 0 bridgehead atoms. The van der Waals surface area contributed by atoms with E-state index in [1.54, 1.807) is 0 Å². The van der Waals surface area contributed by atoms with Gasteiger partial charge in [-0.25, -0.2) is 0 Å². The Balaban J connectivity index is 4.11. The van der Waals surface area contributed by atoms with Crippen LogP contribution in [0.4, 0.5) is 0 Å². The third-order valence-electron chi connectivity index (χ3n) is 12.8. The molecule has 6 heteroatoms. The number of carbonyl (C=O) groups excluding carboxylic acids is 3. The zero-order valence-electron chi connectivity index (χ0n) is 47.2. The summed E-state index contributed by atoms with van der Waals surface area (Å²) in [6.07, 6.45) is 80.1. The van der Waals surface area contributed by atoms with Crippen LogP contribution in [0.15, 0.2) is 97.2 Å². The van der Waals surface area contributed by atoms with E-state index in [2.05, 4.69) is 118 Å². The molecule has 0 radical (unpaired) electrons. The molecule has 0 amide bonds. The second-order valence-electron chi connectivity index (χ2n) is 19.9. The standard InChI is InChI=1S/C66H112O6/c1-4-7-10-13-16-18-20-22-24-26-28-30-31-32-33-34-35-37-38-40-42-44-46-48-50-53-56-59-65(68)71-62-63(61-70-64(67)58-55-52-15-12-9-6-3)72-66(69)60-57-54-51-49-47-45-43-41-39-36-29-27-25-23-21-19-17-14-11-8-5-2/h7-8,10-11,16-19,22-25,28-30,36,63H,4-6,9,12-15,20-21,26-27,31-35,37-62H2,1-3H3/b10-7-,11-8-,18-16-,19-17-,24-22-,25-23-,30-28-,36-29-. The lowest BCUT2D eigenvalue weighted by Crippen LogP contribution is -2.30. The number of esters is 3. The first kappa shape index (κ1) is 68.3. The summed E-state index contributed by atoms with van der Waals surface area (Å²) < 4.78 is 16.8. The summed E-state index contributed by atoms with van der Waals surface area (Å²) in [4.78, 5) is 38.0. The molecule has 0 aliphatic heterocycles. The lowest BCUT2D eigenvalue weighted by atomic mass is 10.0.